The van der Waals surface area contributed by atoms with Crippen LogP contribution in [0.25, 0.3) is 10.9 Å². The van der Waals surface area contributed by atoms with Gasteiger partial charge in [-0.15, -0.1) is 0 Å². The molecule has 1 unspecified atom stereocenters. The third-order valence-corrected chi connectivity index (χ3v) is 4.26. The third-order valence-electron chi connectivity index (χ3n) is 4.26. The lowest BCUT2D eigenvalue weighted by atomic mass is 10.1. The maximum atomic E-state index is 12.6. The average Bonchev–Trinajstić information content (AvgIpc) is 3.01. The molecular formula is C17H20N2O3. The summed E-state index contributed by atoms with van der Waals surface area (Å²) in [7, 11) is 1.74. The van der Waals surface area contributed by atoms with Gasteiger partial charge in [-0.05, 0) is 25.0 Å². The highest BCUT2D eigenvalue weighted by molar-refractivity contribution is 5.97. The molecule has 1 fully saturated rings. The van der Waals surface area contributed by atoms with Gasteiger partial charge >= 0.3 is 0 Å². The lowest BCUT2D eigenvalue weighted by molar-refractivity contribution is 0.0764. The molecule has 22 heavy (non-hydrogen) atoms. The normalized spacial score (nSPS) is 17.8. The van der Waals surface area contributed by atoms with Crippen LogP contribution < -0.4 is 5.43 Å². The molecule has 0 aliphatic carbocycles. The maximum absolute atomic E-state index is 12.6. The third kappa shape index (κ3) is 2.64. The quantitative estimate of drug-likeness (QED) is 0.942. The van der Waals surface area contributed by atoms with Crippen molar-refractivity contribution in [2.75, 3.05) is 26.8 Å². The van der Waals surface area contributed by atoms with Gasteiger partial charge in [-0.2, -0.15) is 0 Å². The number of aromatic nitrogens is 1. The number of ether oxygens (including phenoxy) is 1. The minimum atomic E-state index is -0.239. The molecule has 116 valence electrons. The smallest absolute Gasteiger partial charge is 0.259 e. The van der Waals surface area contributed by atoms with Crippen molar-refractivity contribution in [3.8, 4) is 0 Å². The van der Waals surface area contributed by atoms with E-state index in [0.717, 1.165) is 24.1 Å². The molecule has 1 aromatic heterocycles. The number of pyridine rings is 1. The number of rotatable bonds is 3. The summed E-state index contributed by atoms with van der Waals surface area (Å²) in [5.41, 5.74) is 1.76. The van der Waals surface area contributed by atoms with Crippen molar-refractivity contribution in [1.29, 1.82) is 0 Å². The van der Waals surface area contributed by atoms with Crippen LogP contribution in [0.5, 0.6) is 0 Å². The molecule has 0 spiro atoms. The van der Waals surface area contributed by atoms with Crippen LogP contribution in [0.15, 0.2) is 29.2 Å². The van der Waals surface area contributed by atoms with Crippen molar-refractivity contribution in [2.45, 2.75) is 13.3 Å². The van der Waals surface area contributed by atoms with Crippen molar-refractivity contribution >= 4 is 16.8 Å². The number of aromatic amines is 1. The number of fused-ring (bicyclic) bond motifs is 1. The summed E-state index contributed by atoms with van der Waals surface area (Å²) < 4.78 is 5.33. The van der Waals surface area contributed by atoms with Crippen molar-refractivity contribution < 1.29 is 9.53 Å². The molecule has 5 heteroatoms. The molecule has 1 N–H and O–H groups in total. The topological polar surface area (TPSA) is 62.4 Å². The highest BCUT2D eigenvalue weighted by Gasteiger charge is 2.22. The van der Waals surface area contributed by atoms with Gasteiger partial charge in [0, 0.05) is 37.7 Å². The number of carbonyl (C=O) groups is 1. The zero-order valence-electron chi connectivity index (χ0n) is 12.9. The van der Waals surface area contributed by atoms with Gasteiger partial charge in [0.2, 0.25) is 5.43 Å². The van der Waals surface area contributed by atoms with E-state index < -0.39 is 0 Å². The highest BCUT2D eigenvalue weighted by atomic mass is 16.5. The van der Waals surface area contributed by atoms with E-state index in [1.54, 1.807) is 18.0 Å². The summed E-state index contributed by atoms with van der Waals surface area (Å²) in [6.45, 7) is 3.99. The van der Waals surface area contributed by atoms with Gasteiger partial charge in [0.1, 0.15) is 5.56 Å². The van der Waals surface area contributed by atoms with Crippen molar-refractivity contribution in [3.05, 3.63) is 45.7 Å². The number of benzene rings is 1. The van der Waals surface area contributed by atoms with E-state index in [1.165, 1.54) is 6.20 Å². The van der Waals surface area contributed by atoms with Crippen LogP contribution in [-0.2, 0) is 4.74 Å². The van der Waals surface area contributed by atoms with Gasteiger partial charge in [0.25, 0.3) is 5.91 Å². The predicted octanol–water partition coefficient (Wildman–Crippen LogP) is 1.95. The van der Waals surface area contributed by atoms with Crippen LogP contribution in [0.1, 0.15) is 22.3 Å². The first-order valence-electron chi connectivity index (χ1n) is 7.52. The molecule has 0 saturated carbocycles. The summed E-state index contributed by atoms with van der Waals surface area (Å²) in [5, 5.41) is 0.559. The number of H-pyrrole nitrogens is 1. The summed E-state index contributed by atoms with van der Waals surface area (Å²) in [6.07, 6.45) is 2.49. The number of hydrogen-bond donors (Lipinski definition) is 1. The lowest BCUT2D eigenvalue weighted by Gasteiger charge is -2.20. The average molecular weight is 300 g/mol. The fourth-order valence-electron chi connectivity index (χ4n) is 2.97. The Morgan fingerprint density at radius 2 is 2.27 bits per heavy atom. The lowest BCUT2D eigenvalue weighted by Crippen LogP contribution is -2.35. The molecule has 1 saturated heterocycles. The van der Waals surface area contributed by atoms with Crippen LogP contribution in [0.3, 0.4) is 0 Å². The molecule has 3 rings (SSSR count). The Morgan fingerprint density at radius 1 is 1.45 bits per heavy atom. The molecule has 0 bridgehead atoms. The Morgan fingerprint density at radius 3 is 3.00 bits per heavy atom. The molecule has 2 aromatic rings. The first-order chi connectivity index (χ1) is 10.6. The summed E-state index contributed by atoms with van der Waals surface area (Å²) in [6, 6.07) is 5.52. The number of para-hydroxylation sites is 1. The van der Waals surface area contributed by atoms with Crippen molar-refractivity contribution in [2.24, 2.45) is 5.92 Å². The van der Waals surface area contributed by atoms with E-state index in [-0.39, 0.29) is 16.9 Å². The molecule has 1 amide bonds. The monoisotopic (exact) mass is 300 g/mol. The number of carbonyl (C=O) groups excluding carboxylic acids is 1. The zero-order chi connectivity index (χ0) is 15.7. The van der Waals surface area contributed by atoms with Gasteiger partial charge in [0.05, 0.1) is 12.1 Å². The standard InChI is InChI=1S/C17H20N2O3/c1-11-4-3-5-13-15(11)18-8-14(16(13)20)17(21)19(2)9-12-6-7-22-10-12/h3-5,8,12H,6-7,9-10H2,1-2H3,(H,18,20). The van der Waals surface area contributed by atoms with E-state index in [4.69, 9.17) is 4.74 Å². The van der Waals surface area contributed by atoms with Crippen LogP contribution >= 0.6 is 0 Å². The predicted molar refractivity (Wildman–Crippen MR) is 85.2 cm³/mol. The largest absolute Gasteiger partial charge is 0.381 e. The maximum Gasteiger partial charge on any atom is 0.259 e. The molecule has 1 atom stereocenters. The Hall–Kier alpha value is -2.14. The fourth-order valence-corrected chi connectivity index (χ4v) is 2.97. The SMILES string of the molecule is Cc1cccc2c(=O)c(C(=O)N(C)CC3CCOC3)c[nH]c12. The van der Waals surface area contributed by atoms with Gasteiger partial charge in [-0.1, -0.05) is 12.1 Å². The molecule has 2 heterocycles. The first kappa shape index (κ1) is 14.8. The van der Waals surface area contributed by atoms with Gasteiger partial charge in [0.15, 0.2) is 0 Å². The molecule has 1 aliphatic heterocycles. The number of nitrogens with one attached hydrogen (secondary N) is 1. The van der Waals surface area contributed by atoms with E-state index in [9.17, 15) is 9.59 Å². The zero-order valence-corrected chi connectivity index (χ0v) is 12.9. The number of nitrogens with zero attached hydrogens (tertiary/aromatic N) is 1. The van der Waals surface area contributed by atoms with E-state index in [0.29, 0.717) is 24.5 Å². The Bertz CT molecular complexity index is 760. The van der Waals surface area contributed by atoms with Crippen molar-refractivity contribution in [1.82, 2.24) is 9.88 Å². The second-order valence-electron chi connectivity index (χ2n) is 5.94. The van der Waals surface area contributed by atoms with Crippen LogP contribution in [0.2, 0.25) is 0 Å². The fraction of sp³-hybridized carbons (Fsp3) is 0.412. The summed E-state index contributed by atoms with van der Waals surface area (Å²) >= 11 is 0. The Kier molecular flexibility index (Phi) is 3.98. The molecule has 1 aliphatic rings. The minimum Gasteiger partial charge on any atom is -0.381 e. The van der Waals surface area contributed by atoms with E-state index in [1.807, 2.05) is 19.1 Å². The summed E-state index contributed by atoms with van der Waals surface area (Å²) in [5.74, 6) is 0.118. The number of aryl methyl sites for hydroxylation is 1. The molecule has 5 nitrogen and oxygen atoms in total. The van der Waals surface area contributed by atoms with E-state index >= 15 is 0 Å². The Labute approximate surface area is 128 Å². The second kappa shape index (κ2) is 5.93. The highest BCUT2D eigenvalue weighted by Crippen LogP contribution is 2.16. The second-order valence-corrected chi connectivity index (χ2v) is 5.94. The Balaban J connectivity index is 1.90. The number of amides is 1. The van der Waals surface area contributed by atoms with Gasteiger partial charge in [-0.3, -0.25) is 9.59 Å². The molecular weight excluding hydrogens is 280 g/mol. The van der Waals surface area contributed by atoms with E-state index in [2.05, 4.69) is 4.98 Å². The minimum absolute atomic E-state index is 0.194. The van der Waals surface area contributed by atoms with Crippen LogP contribution in [0, 0.1) is 12.8 Å². The molecule has 0 radical (unpaired) electrons. The van der Waals surface area contributed by atoms with Crippen molar-refractivity contribution in [3.63, 3.8) is 0 Å². The molecule has 1 aromatic carbocycles. The van der Waals surface area contributed by atoms with Crippen LogP contribution in [-0.4, -0.2) is 42.6 Å². The van der Waals surface area contributed by atoms with Crippen LogP contribution in [0.4, 0.5) is 0 Å². The van der Waals surface area contributed by atoms with Gasteiger partial charge < -0.3 is 14.6 Å². The summed E-state index contributed by atoms with van der Waals surface area (Å²) in [4.78, 5) is 29.8. The van der Waals surface area contributed by atoms with Gasteiger partial charge in [-0.25, -0.2) is 0 Å². The first-order valence-corrected chi connectivity index (χ1v) is 7.52. The number of hydrogen-bond acceptors (Lipinski definition) is 3.